The minimum atomic E-state index is -0.883. The van der Waals surface area contributed by atoms with Crippen LogP contribution < -0.4 is 9.64 Å². The molecule has 0 radical (unpaired) electrons. The number of aromatic nitrogens is 4. The molecule has 0 bridgehead atoms. The normalized spacial score (nSPS) is 22.6. The zero-order chi connectivity index (χ0) is 21.0. The summed E-state index contributed by atoms with van der Waals surface area (Å²) in [6.45, 7) is 4.23. The van der Waals surface area contributed by atoms with Crippen LogP contribution in [0.1, 0.15) is 17.0 Å². The molecule has 2 atom stereocenters. The van der Waals surface area contributed by atoms with E-state index in [2.05, 4.69) is 21.1 Å². The fourth-order valence-electron chi connectivity index (χ4n) is 4.43. The predicted molar refractivity (Wildman–Crippen MR) is 111 cm³/mol. The Morgan fingerprint density at radius 3 is 2.53 bits per heavy atom. The van der Waals surface area contributed by atoms with E-state index in [-0.39, 0.29) is 18.0 Å². The lowest BCUT2D eigenvalue weighted by Crippen LogP contribution is -2.51. The Bertz CT molecular complexity index is 1100. The first kappa shape index (κ1) is 19.2. The van der Waals surface area contributed by atoms with Crippen molar-refractivity contribution in [3.63, 3.8) is 0 Å². The van der Waals surface area contributed by atoms with Gasteiger partial charge in [-0.1, -0.05) is 0 Å². The maximum absolute atomic E-state index is 14.6. The second-order valence-corrected chi connectivity index (χ2v) is 8.30. The SMILES string of the molecule is COc1nc(N2CC(O)C2)cc(-n2ncc3cc(C)c([C@H]4CN(C)C[C@H]4F)cc32)n1. The number of aryl methyl sites for hydroxylation is 1. The molecule has 2 aliphatic heterocycles. The van der Waals surface area contributed by atoms with Gasteiger partial charge in [0.2, 0.25) is 0 Å². The van der Waals surface area contributed by atoms with Gasteiger partial charge < -0.3 is 19.6 Å². The minimum Gasteiger partial charge on any atom is -0.467 e. The van der Waals surface area contributed by atoms with E-state index in [1.54, 1.807) is 10.9 Å². The molecule has 8 nitrogen and oxygen atoms in total. The van der Waals surface area contributed by atoms with E-state index in [0.717, 1.165) is 22.0 Å². The number of aliphatic hydroxyl groups is 1. The number of anilines is 1. The highest BCUT2D eigenvalue weighted by Gasteiger charge is 2.33. The largest absolute Gasteiger partial charge is 0.467 e. The highest BCUT2D eigenvalue weighted by atomic mass is 19.1. The van der Waals surface area contributed by atoms with Crippen molar-refractivity contribution < 1.29 is 14.2 Å². The van der Waals surface area contributed by atoms with Crippen LogP contribution in [0.5, 0.6) is 6.01 Å². The molecule has 2 aromatic heterocycles. The number of halogens is 1. The van der Waals surface area contributed by atoms with Gasteiger partial charge >= 0.3 is 6.01 Å². The standard InChI is InChI=1S/C21H25FN6O2/c1-12-4-13-7-23-28(18(13)5-15(12)16-10-26(2)11-17(16)22)20-6-19(24-21(25-20)30-3)27-8-14(29)9-27/h4-7,14,16-17,29H,8-11H2,1-3H3/t16-,17-/m1/s1. The fraction of sp³-hybridized carbons (Fsp3) is 0.476. The lowest BCUT2D eigenvalue weighted by atomic mass is 9.92. The molecule has 0 aliphatic carbocycles. The summed E-state index contributed by atoms with van der Waals surface area (Å²) in [6.07, 6.45) is 0.566. The number of likely N-dealkylation sites (N-methyl/N-ethyl adjacent to an activating group) is 1. The van der Waals surface area contributed by atoms with E-state index in [9.17, 15) is 9.50 Å². The summed E-state index contributed by atoms with van der Waals surface area (Å²) in [5, 5.41) is 15.1. The molecule has 158 valence electrons. The van der Waals surface area contributed by atoms with Crippen LogP contribution in [0.4, 0.5) is 10.2 Å². The van der Waals surface area contributed by atoms with Crippen molar-refractivity contribution >= 4 is 16.7 Å². The summed E-state index contributed by atoms with van der Waals surface area (Å²) in [5.74, 6) is 1.10. The molecule has 9 heteroatoms. The third-order valence-electron chi connectivity index (χ3n) is 6.05. The number of alkyl halides is 1. The predicted octanol–water partition coefficient (Wildman–Crippen LogP) is 1.68. The van der Waals surface area contributed by atoms with Gasteiger partial charge in [0.15, 0.2) is 5.82 Å². The number of β-amino-alcohol motifs (C(OH)–C–C–N with tert-alkyl or cyclic N) is 1. The molecule has 2 fully saturated rings. The van der Waals surface area contributed by atoms with Crippen molar-refractivity contribution in [1.29, 1.82) is 0 Å². The van der Waals surface area contributed by atoms with Crippen LogP contribution in [0.15, 0.2) is 24.4 Å². The van der Waals surface area contributed by atoms with Gasteiger partial charge in [-0.05, 0) is 37.2 Å². The van der Waals surface area contributed by atoms with Crippen LogP contribution >= 0.6 is 0 Å². The average molecular weight is 412 g/mol. The van der Waals surface area contributed by atoms with Gasteiger partial charge in [0.1, 0.15) is 12.0 Å². The zero-order valence-corrected chi connectivity index (χ0v) is 17.3. The van der Waals surface area contributed by atoms with E-state index in [1.807, 2.05) is 35.9 Å². The molecule has 5 rings (SSSR count). The van der Waals surface area contributed by atoms with Crippen molar-refractivity contribution in [2.75, 3.05) is 45.2 Å². The smallest absolute Gasteiger partial charge is 0.320 e. The number of fused-ring (bicyclic) bond motifs is 1. The van der Waals surface area contributed by atoms with Crippen LogP contribution in [0.25, 0.3) is 16.7 Å². The maximum Gasteiger partial charge on any atom is 0.320 e. The summed E-state index contributed by atoms with van der Waals surface area (Å²) in [5.41, 5.74) is 2.95. The highest BCUT2D eigenvalue weighted by Crippen LogP contribution is 2.34. The van der Waals surface area contributed by atoms with E-state index in [1.165, 1.54) is 7.11 Å². The number of ether oxygens (including phenoxy) is 1. The van der Waals surface area contributed by atoms with E-state index >= 15 is 0 Å². The van der Waals surface area contributed by atoms with Gasteiger partial charge in [0, 0.05) is 43.5 Å². The number of nitrogens with zero attached hydrogens (tertiary/aromatic N) is 6. The molecule has 0 saturated carbocycles. The van der Waals surface area contributed by atoms with Crippen molar-refractivity contribution in [2.24, 2.45) is 0 Å². The molecule has 30 heavy (non-hydrogen) atoms. The minimum absolute atomic E-state index is 0.152. The van der Waals surface area contributed by atoms with Crippen LogP contribution in [-0.4, -0.2) is 82.4 Å². The molecule has 0 spiro atoms. The summed E-state index contributed by atoms with van der Waals surface area (Å²) in [7, 11) is 3.47. The molecular weight excluding hydrogens is 387 g/mol. The summed E-state index contributed by atoms with van der Waals surface area (Å²) >= 11 is 0. The van der Waals surface area contributed by atoms with Crippen molar-refractivity contribution in [3.8, 4) is 11.8 Å². The molecule has 0 amide bonds. The molecule has 3 aromatic rings. The van der Waals surface area contributed by atoms with Gasteiger partial charge in [-0.15, -0.1) is 0 Å². The highest BCUT2D eigenvalue weighted by molar-refractivity contribution is 5.82. The Kier molecular flexibility index (Phi) is 4.59. The lowest BCUT2D eigenvalue weighted by molar-refractivity contribution is 0.141. The van der Waals surface area contributed by atoms with E-state index in [0.29, 0.717) is 37.8 Å². The second-order valence-electron chi connectivity index (χ2n) is 8.30. The number of hydrogen-bond acceptors (Lipinski definition) is 7. The molecule has 2 saturated heterocycles. The first-order valence-electron chi connectivity index (χ1n) is 10.1. The third-order valence-corrected chi connectivity index (χ3v) is 6.05. The number of methoxy groups -OCH3 is 1. The van der Waals surface area contributed by atoms with Crippen molar-refractivity contribution in [1.82, 2.24) is 24.6 Å². The Hall–Kier alpha value is -2.78. The monoisotopic (exact) mass is 412 g/mol. The van der Waals surface area contributed by atoms with Gasteiger partial charge in [-0.2, -0.15) is 15.1 Å². The molecule has 4 heterocycles. The number of rotatable bonds is 4. The first-order valence-corrected chi connectivity index (χ1v) is 10.1. The van der Waals surface area contributed by atoms with Crippen LogP contribution in [0.2, 0.25) is 0 Å². The van der Waals surface area contributed by atoms with E-state index < -0.39 is 6.17 Å². The Morgan fingerprint density at radius 1 is 1.10 bits per heavy atom. The third kappa shape index (κ3) is 3.18. The molecule has 1 aromatic carbocycles. The quantitative estimate of drug-likeness (QED) is 0.698. The number of benzene rings is 1. The van der Waals surface area contributed by atoms with Gasteiger partial charge in [0.25, 0.3) is 0 Å². The molecular formula is C21H25FN6O2. The van der Waals surface area contributed by atoms with Crippen molar-refractivity contribution in [3.05, 3.63) is 35.5 Å². The maximum atomic E-state index is 14.6. The van der Waals surface area contributed by atoms with Crippen LogP contribution in [0.3, 0.4) is 0 Å². The Balaban J connectivity index is 1.59. The van der Waals surface area contributed by atoms with Crippen LogP contribution in [-0.2, 0) is 0 Å². The zero-order valence-electron chi connectivity index (χ0n) is 17.3. The molecule has 1 N–H and O–H groups in total. The summed E-state index contributed by atoms with van der Waals surface area (Å²) in [6, 6.07) is 6.17. The number of likely N-dealkylation sites (tertiary alicyclic amines) is 1. The van der Waals surface area contributed by atoms with Crippen LogP contribution in [0, 0.1) is 6.92 Å². The number of hydrogen-bond donors (Lipinski definition) is 1. The Morgan fingerprint density at radius 2 is 1.87 bits per heavy atom. The molecule has 0 unspecified atom stereocenters. The van der Waals surface area contributed by atoms with Gasteiger partial charge in [0.05, 0.1) is 24.9 Å². The van der Waals surface area contributed by atoms with Gasteiger partial charge in [-0.3, -0.25) is 0 Å². The van der Waals surface area contributed by atoms with E-state index in [4.69, 9.17) is 4.74 Å². The topological polar surface area (TPSA) is 79.5 Å². The summed E-state index contributed by atoms with van der Waals surface area (Å²) in [4.78, 5) is 12.9. The Labute approximate surface area is 173 Å². The average Bonchev–Trinajstić information content (AvgIpc) is 3.26. The van der Waals surface area contributed by atoms with Crippen molar-refractivity contribution in [2.45, 2.75) is 25.1 Å². The summed E-state index contributed by atoms with van der Waals surface area (Å²) < 4.78 is 21.7. The fourth-order valence-corrected chi connectivity index (χ4v) is 4.43. The number of aliphatic hydroxyl groups excluding tert-OH is 1. The molecule has 2 aliphatic rings. The first-order chi connectivity index (χ1) is 14.4. The van der Waals surface area contributed by atoms with Gasteiger partial charge in [-0.25, -0.2) is 9.07 Å². The second kappa shape index (κ2) is 7.17. The lowest BCUT2D eigenvalue weighted by Gasteiger charge is -2.36.